The van der Waals surface area contributed by atoms with Crippen LogP contribution < -0.4 is 16.0 Å². The Bertz CT molecular complexity index is 1670. The number of nitrogens with zero attached hydrogens (tertiary/aromatic N) is 3. The Hall–Kier alpha value is -4.41. The van der Waals surface area contributed by atoms with E-state index in [1.807, 2.05) is 68.6 Å². The number of hydrogen-bond donors (Lipinski definition) is 3. The van der Waals surface area contributed by atoms with Gasteiger partial charge in [-0.25, -0.2) is 9.97 Å². The molecule has 0 fully saturated rings. The summed E-state index contributed by atoms with van der Waals surface area (Å²) in [6.07, 6.45) is 2.80. The summed E-state index contributed by atoms with van der Waals surface area (Å²) in [5.74, 6) is -0.0139. The molecule has 2 aromatic heterocycles. The Morgan fingerprint density at radius 2 is 1.85 bits per heavy atom. The molecule has 9 nitrogen and oxygen atoms in total. The number of carbonyl (C=O) groups excluding carboxylic acids is 3. The molecule has 208 valence electrons. The molecule has 1 aliphatic carbocycles. The minimum absolute atomic E-state index is 0.0435. The molecule has 1 unspecified atom stereocenters. The van der Waals surface area contributed by atoms with Crippen molar-refractivity contribution >= 4 is 40.6 Å². The number of fused-ring (bicyclic) bond motifs is 3. The molecule has 0 radical (unpaired) electrons. The molecular weight excluding hydrogens is 536 g/mol. The average molecular weight is 567 g/mol. The zero-order valence-electron chi connectivity index (χ0n) is 22.9. The predicted molar refractivity (Wildman–Crippen MR) is 158 cm³/mol. The number of anilines is 2. The number of aromatic nitrogens is 2. The predicted octanol–water partition coefficient (Wildman–Crippen LogP) is 3.84. The van der Waals surface area contributed by atoms with Crippen molar-refractivity contribution in [2.45, 2.75) is 38.3 Å². The van der Waals surface area contributed by atoms with Crippen LogP contribution in [0.1, 0.15) is 43.2 Å². The third-order valence-electron chi connectivity index (χ3n) is 7.88. The molecule has 41 heavy (non-hydrogen) atoms. The van der Waals surface area contributed by atoms with Gasteiger partial charge in [-0.3, -0.25) is 14.4 Å². The smallest absolute Gasteiger partial charge is 0.274 e. The van der Waals surface area contributed by atoms with Crippen molar-refractivity contribution in [1.29, 1.82) is 0 Å². The quantitative estimate of drug-likeness (QED) is 0.299. The van der Waals surface area contributed by atoms with Gasteiger partial charge < -0.3 is 20.9 Å². The number of hydrogen-bond acceptors (Lipinski definition) is 7. The van der Waals surface area contributed by atoms with E-state index in [9.17, 15) is 14.4 Å². The fourth-order valence-corrected chi connectivity index (χ4v) is 6.43. The van der Waals surface area contributed by atoms with E-state index < -0.39 is 5.41 Å². The highest BCUT2D eigenvalue weighted by Crippen LogP contribution is 2.46. The SMILES string of the molecule is CNCc1ccccc1CN(CC(=O)Nc1ccc2c(c1)CC1(C2)C(=O)Nc2ncccc21)C(=O)c1ncsc1C. The number of carbonyl (C=O) groups is 3. The summed E-state index contributed by atoms with van der Waals surface area (Å²) in [4.78, 5) is 50.9. The molecule has 0 saturated carbocycles. The van der Waals surface area contributed by atoms with E-state index in [4.69, 9.17) is 0 Å². The van der Waals surface area contributed by atoms with Gasteiger partial charge in [-0.15, -0.1) is 11.3 Å². The summed E-state index contributed by atoms with van der Waals surface area (Å²) < 4.78 is 0. The lowest BCUT2D eigenvalue weighted by Crippen LogP contribution is -2.38. The summed E-state index contributed by atoms with van der Waals surface area (Å²) >= 11 is 1.40. The number of rotatable bonds is 8. The third kappa shape index (κ3) is 5.00. The second kappa shape index (κ2) is 10.9. The molecule has 2 aromatic carbocycles. The largest absolute Gasteiger partial charge is 0.325 e. The minimum Gasteiger partial charge on any atom is -0.325 e. The molecule has 2 aliphatic rings. The maximum absolute atomic E-state index is 13.5. The van der Waals surface area contributed by atoms with Crippen LogP contribution in [0, 0.1) is 6.92 Å². The first-order valence-corrected chi connectivity index (χ1v) is 14.4. The van der Waals surface area contributed by atoms with Gasteiger partial charge in [0.2, 0.25) is 11.8 Å². The molecule has 0 bridgehead atoms. The molecule has 1 spiro atoms. The van der Waals surface area contributed by atoms with Crippen LogP contribution in [0.15, 0.2) is 66.3 Å². The lowest BCUT2D eigenvalue weighted by atomic mass is 9.79. The average Bonchev–Trinajstić information content (AvgIpc) is 3.64. The molecule has 3 heterocycles. The van der Waals surface area contributed by atoms with E-state index in [1.54, 1.807) is 16.6 Å². The molecule has 4 aromatic rings. The standard InChI is InChI=1S/C31H30N6O3S/c1-19-27(34-18-41-19)29(39)37(16-22-7-4-3-6-21(22)15-32-2)17-26(38)35-24-10-9-20-13-31(14-23(20)12-24)25-8-5-11-33-28(25)36-30(31)40/h3-12,18,32H,13-17H2,1-2H3,(H,35,38)(H,33,36,40). The molecule has 1 aliphatic heterocycles. The molecular formula is C31H30N6O3S. The van der Waals surface area contributed by atoms with Gasteiger partial charge >= 0.3 is 0 Å². The Kier molecular flexibility index (Phi) is 7.10. The van der Waals surface area contributed by atoms with Crippen molar-refractivity contribution in [2.24, 2.45) is 0 Å². The van der Waals surface area contributed by atoms with Crippen LogP contribution in [-0.4, -0.2) is 46.2 Å². The van der Waals surface area contributed by atoms with E-state index in [0.717, 1.165) is 32.7 Å². The van der Waals surface area contributed by atoms with E-state index in [1.165, 1.54) is 11.3 Å². The van der Waals surface area contributed by atoms with E-state index in [-0.39, 0.29) is 30.8 Å². The number of nitrogens with one attached hydrogen (secondary N) is 3. The van der Waals surface area contributed by atoms with Crippen LogP contribution in [0.2, 0.25) is 0 Å². The Labute approximate surface area is 242 Å². The Balaban J connectivity index is 1.21. The lowest BCUT2D eigenvalue weighted by Gasteiger charge is -2.23. The first kappa shape index (κ1) is 26.8. The van der Waals surface area contributed by atoms with Crippen molar-refractivity contribution in [3.05, 3.63) is 105 Å². The van der Waals surface area contributed by atoms with E-state index >= 15 is 0 Å². The number of amides is 3. The van der Waals surface area contributed by atoms with Crippen LogP contribution in [0.5, 0.6) is 0 Å². The molecule has 3 amide bonds. The van der Waals surface area contributed by atoms with Crippen molar-refractivity contribution in [3.8, 4) is 0 Å². The maximum Gasteiger partial charge on any atom is 0.274 e. The molecule has 6 rings (SSSR count). The van der Waals surface area contributed by atoms with Crippen molar-refractivity contribution in [1.82, 2.24) is 20.2 Å². The zero-order valence-corrected chi connectivity index (χ0v) is 23.7. The Morgan fingerprint density at radius 1 is 1.05 bits per heavy atom. The monoisotopic (exact) mass is 566 g/mol. The summed E-state index contributed by atoms with van der Waals surface area (Å²) in [6, 6.07) is 17.4. The fraction of sp³-hybridized carbons (Fsp3) is 0.258. The second-order valence-electron chi connectivity index (χ2n) is 10.5. The van der Waals surface area contributed by atoms with Gasteiger partial charge in [-0.1, -0.05) is 36.4 Å². The highest BCUT2D eigenvalue weighted by Gasteiger charge is 2.51. The lowest BCUT2D eigenvalue weighted by molar-refractivity contribution is -0.120. The van der Waals surface area contributed by atoms with Crippen LogP contribution in [0.3, 0.4) is 0 Å². The van der Waals surface area contributed by atoms with Crippen molar-refractivity contribution in [3.63, 3.8) is 0 Å². The van der Waals surface area contributed by atoms with Gasteiger partial charge in [0.05, 0.1) is 10.9 Å². The van der Waals surface area contributed by atoms with Crippen LogP contribution in [0.4, 0.5) is 11.5 Å². The number of benzene rings is 2. The van der Waals surface area contributed by atoms with Gasteiger partial charge in [0.15, 0.2) is 0 Å². The molecule has 1 atom stereocenters. The van der Waals surface area contributed by atoms with Gasteiger partial charge in [0.1, 0.15) is 18.1 Å². The van der Waals surface area contributed by atoms with E-state index in [2.05, 4.69) is 25.9 Å². The van der Waals surface area contributed by atoms with Gasteiger partial charge in [-0.05, 0) is 67.3 Å². The highest BCUT2D eigenvalue weighted by molar-refractivity contribution is 7.09. The van der Waals surface area contributed by atoms with Crippen LogP contribution in [0.25, 0.3) is 0 Å². The summed E-state index contributed by atoms with van der Waals surface area (Å²) in [6.45, 7) is 2.65. The van der Waals surface area contributed by atoms with Crippen LogP contribution >= 0.6 is 11.3 Å². The van der Waals surface area contributed by atoms with Gasteiger partial charge in [0.25, 0.3) is 5.91 Å². The van der Waals surface area contributed by atoms with Gasteiger partial charge in [0, 0.05) is 35.4 Å². The second-order valence-corrected chi connectivity index (χ2v) is 11.6. The van der Waals surface area contributed by atoms with Gasteiger partial charge in [-0.2, -0.15) is 0 Å². The number of thiazole rings is 1. The maximum atomic E-state index is 13.5. The first-order chi connectivity index (χ1) is 19.9. The van der Waals surface area contributed by atoms with Crippen molar-refractivity contribution in [2.75, 3.05) is 24.2 Å². The summed E-state index contributed by atoms with van der Waals surface area (Å²) in [5, 5.41) is 9.06. The number of pyridine rings is 1. The fourth-order valence-electron chi connectivity index (χ4n) is 5.86. The summed E-state index contributed by atoms with van der Waals surface area (Å²) in [7, 11) is 1.87. The highest BCUT2D eigenvalue weighted by atomic mass is 32.1. The number of aryl methyl sites for hydroxylation is 1. The Morgan fingerprint density at radius 3 is 2.63 bits per heavy atom. The molecule has 3 N–H and O–H groups in total. The third-order valence-corrected chi connectivity index (χ3v) is 8.64. The minimum atomic E-state index is -0.677. The normalized spacial score (nSPS) is 16.8. The topological polar surface area (TPSA) is 116 Å². The van der Waals surface area contributed by atoms with Crippen molar-refractivity contribution < 1.29 is 14.4 Å². The zero-order chi connectivity index (χ0) is 28.6. The first-order valence-electron chi connectivity index (χ1n) is 13.5. The molecule has 10 heteroatoms. The summed E-state index contributed by atoms with van der Waals surface area (Å²) in [5.41, 5.74) is 6.98. The van der Waals surface area contributed by atoms with Crippen LogP contribution in [-0.2, 0) is 40.9 Å². The van der Waals surface area contributed by atoms with E-state index in [0.29, 0.717) is 36.6 Å². The molecule has 0 saturated heterocycles.